The van der Waals surface area contributed by atoms with Crippen LogP contribution in [0.3, 0.4) is 0 Å². The maximum absolute atomic E-state index is 9.82. The Labute approximate surface area is 42.9 Å². The fourth-order valence-electron chi connectivity index (χ4n) is 0.241. The highest BCUT2D eigenvalue weighted by molar-refractivity contribution is 5.57. The fraction of sp³-hybridized carbons (Fsp3) is 0.750. The molecule has 0 heterocycles. The van der Waals surface area contributed by atoms with Crippen LogP contribution in [-0.2, 0) is 4.79 Å². The molecule has 1 atom stereocenters. The van der Waals surface area contributed by atoms with E-state index in [0.29, 0.717) is 6.54 Å². The number of nitrogens with two attached hydrogens (primary N) is 1. The summed E-state index contributed by atoms with van der Waals surface area (Å²) in [5.74, 6) is 0. The lowest BCUT2D eigenvalue weighted by Crippen LogP contribution is -2.34. The summed E-state index contributed by atoms with van der Waals surface area (Å²) in [5.41, 5.74) is 5.10. The maximum atomic E-state index is 9.82. The van der Waals surface area contributed by atoms with Gasteiger partial charge >= 0.3 is 0 Å². The molecule has 0 unspecified atom stereocenters. The quantitative estimate of drug-likeness (QED) is 0.437. The van der Waals surface area contributed by atoms with Crippen LogP contribution in [0.15, 0.2) is 0 Å². The Kier molecular flexibility index (Phi) is 3.55. The lowest BCUT2D eigenvalue weighted by atomic mass is 10.3. The molecule has 0 rings (SSSR count). The molecule has 7 heavy (non-hydrogen) atoms. The van der Waals surface area contributed by atoms with Gasteiger partial charge in [0.1, 0.15) is 6.29 Å². The van der Waals surface area contributed by atoms with E-state index in [-0.39, 0.29) is 6.04 Å². The SMILES string of the molecule is CN[C@H](C=O)CN. The number of carbonyl (C=O) groups is 1. The van der Waals surface area contributed by atoms with Crippen molar-refractivity contribution < 1.29 is 4.79 Å². The average molecular weight is 102 g/mol. The Morgan fingerprint density at radius 3 is 2.57 bits per heavy atom. The van der Waals surface area contributed by atoms with Crippen LogP contribution in [-0.4, -0.2) is 25.9 Å². The topological polar surface area (TPSA) is 55.1 Å². The van der Waals surface area contributed by atoms with Crippen molar-refractivity contribution in [2.45, 2.75) is 6.04 Å². The third kappa shape index (κ3) is 2.31. The third-order valence-corrected chi connectivity index (χ3v) is 0.789. The van der Waals surface area contributed by atoms with Crippen molar-refractivity contribution in [2.24, 2.45) is 5.73 Å². The van der Waals surface area contributed by atoms with Crippen molar-refractivity contribution >= 4 is 6.29 Å². The highest BCUT2D eigenvalue weighted by Crippen LogP contribution is 1.64. The van der Waals surface area contributed by atoms with E-state index < -0.39 is 0 Å². The van der Waals surface area contributed by atoms with Crippen LogP contribution < -0.4 is 11.1 Å². The van der Waals surface area contributed by atoms with Gasteiger partial charge in [0, 0.05) is 6.54 Å². The molecule has 0 bridgehead atoms. The summed E-state index contributed by atoms with van der Waals surface area (Å²) in [6.07, 6.45) is 0.792. The van der Waals surface area contributed by atoms with Gasteiger partial charge in [-0.3, -0.25) is 0 Å². The molecule has 3 nitrogen and oxygen atoms in total. The molecule has 3 heteroatoms. The van der Waals surface area contributed by atoms with E-state index in [0.717, 1.165) is 6.29 Å². The van der Waals surface area contributed by atoms with Crippen molar-refractivity contribution in [3.05, 3.63) is 0 Å². The molecule has 0 aromatic rings. The largest absolute Gasteiger partial charge is 0.329 e. The molecule has 3 N–H and O–H groups in total. The first-order valence-corrected chi connectivity index (χ1v) is 2.17. The molecule has 0 saturated carbocycles. The van der Waals surface area contributed by atoms with Crippen molar-refractivity contribution in [3.8, 4) is 0 Å². The average Bonchev–Trinajstić information content (AvgIpc) is 1.72. The van der Waals surface area contributed by atoms with Crippen LogP contribution in [0, 0.1) is 0 Å². The van der Waals surface area contributed by atoms with E-state index in [2.05, 4.69) is 5.32 Å². The van der Waals surface area contributed by atoms with Gasteiger partial charge in [0.25, 0.3) is 0 Å². The number of carbonyl (C=O) groups excluding carboxylic acids is 1. The van der Waals surface area contributed by atoms with Crippen molar-refractivity contribution in [1.29, 1.82) is 0 Å². The van der Waals surface area contributed by atoms with Gasteiger partial charge in [0.15, 0.2) is 0 Å². The Bertz CT molecular complexity index is 51.7. The van der Waals surface area contributed by atoms with Crippen LogP contribution >= 0.6 is 0 Å². The molecule has 0 radical (unpaired) electrons. The lowest BCUT2D eigenvalue weighted by Gasteiger charge is -2.00. The maximum Gasteiger partial charge on any atom is 0.138 e. The van der Waals surface area contributed by atoms with E-state index in [9.17, 15) is 4.79 Å². The van der Waals surface area contributed by atoms with Crippen molar-refractivity contribution in [3.63, 3.8) is 0 Å². The summed E-state index contributed by atoms with van der Waals surface area (Å²) in [6, 6.07) is -0.167. The Balaban J connectivity index is 3.16. The summed E-state index contributed by atoms with van der Waals surface area (Å²) < 4.78 is 0. The van der Waals surface area contributed by atoms with Gasteiger partial charge in [-0.1, -0.05) is 0 Å². The third-order valence-electron chi connectivity index (χ3n) is 0.789. The van der Waals surface area contributed by atoms with E-state index in [1.165, 1.54) is 0 Å². The summed E-state index contributed by atoms with van der Waals surface area (Å²) in [7, 11) is 1.70. The minimum absolute atomic E-state index is 0.167. The van der Waals surface area contributed by atoms with E-state index in [1.807, 2.05) is 0 Å². The predicted octanol–water partition coefficient (Wildman–Crippen LogP) is -1.27. The highest BCUT2D eigenvalue weighted by Gasteiger charge is 1.95. The van der Waals surface area contributed by atoms with Crippen molar-refractivity contribution in [1.82, 2.24) is 5.32 Å². The molecule has 0 fully saturated rings. The van der Waals surface area contributed by atoms with E-state index >= 15 is 0 Å². The first-order valence-electron chi connectivity index (χ1n) is 2.17. The second-order valence-electron chi connectivity index (χ2n) is 1.27. The molecule has 42 valence electrons. The molecule has 0 spiro atoms. The molecule has 0 aromatic heterocycles. The summed E-state index contributed by atoms with van der Waals surface area (Å²) in [4.78, 5) is 9.82. The van der Waals surface area contributed by atoms with Crippen LogP contribution in [0.5, 0.6) is 0 Å². The number of hydrogen-bond acceptors (Lipinski definition) is 3. The smallest absolute Gasteiger partial charge is 0.138 e. The molecule has 0 saturated heterocycles. The number of hydrogen-bond donors (Lipinski definition) is 2. The summed E-state index contributed by atoms with van der Waals surface area (Å²) in [6.45, 7) is 0.375. The van der Waals surface area contributed by atoms with Gasteiger partial charge in [-0.05, 0) is 7.05 Å². The van der Waals surface area contributed by atoms with E-state index in [1.54, 1.807) is 7.05 Å². The molecule has 0 amide bonds. The zero-order valence-electron chi connectivity index (χ0n) is 4.35. The van der Waals surface area contributed by atoms with Crippen LogP contribution in [0.2, 0.25) is 0 Å². The van der Waals surface area contributed by atoms with Gasteiger partial charge in [0.05, 0.1) is 6.04 Å². The zero-order valence-corrected chi connectivity index (χ0v) is 4.35. The predicted molar refractivity (Wildman–Crippen MR) is 28.0 cm³/mol. The Morgan fingerprint density at radius 1 is 2.00 bits per heavy atom. The molecular weight excluding hydrogens is 92.1 g/mol. The highest BCUT2D eigenvalue weighted by atomic mass is 16.1. The monoisotopic (exact) mass is 102 g/mol. The molecule has 0 aliphatic rings. The molecule has 0 aliphatic heterocycles. The standard InChI is InChI=1S/C4H10N2O/c1-6-4(2-5)3-7/h3-4,6H,2,5H2,1H3/t4-/m0/s1. The van der Waals surface area contributed by atoms with E-state index in [4.69, 9.17) is 5.73 Å². The number of nitrogens with one attached hydrogen (secondary N) is 1. The van der Waals surface area contributed by atoms with Gasteiger partial charge in [0.2, 0.25) is 0 Å². The van der Waals surface area contributed by atoms with Gasteiger partial charge in [-0.15, -0.1) is 0 Å². The second kappa shape index (κ2) is 3.77. The number of likely N-dealkylation sites (N-methyl/N-ethyl adjacent to an activating group) is 1. The van der Waals surface area contributed by atoms with Crippen LogP contribution in [0.4, 0.5) is 0 Å². The minimum Gasteiger partial charge on any atom is -0.329 e. The van der Waals surface area contributed by atoms with Crippen molar-refractivity contribution in [2.75, 3.05) is 13.6 Å². The zero-order chi connectivity index (χ0) is 5.70. The second-order valence-corrected chi connectivity index (χ2v) is 1.27. The van der Waals surface area contributed by atoms with Crippen LogP contribution in [0.1, 0.15) is 0 Å². The van der Waals surface area contributed by atoms with Crippen LogP contribution in [0.25, 0.3) is 0 Å². The van der Waals surface area contributed by atoms with Gasteiger partial charge < -0.3 is 15.8 Å². The lowest BCUT2D eigenvalue weighted by molar-refractivity contribution is -0.109. The normalized spacial score (nSPS) is 13.4. The fourth-order valence-corrected chi connectivity index (χ4v) is 0.241. The Morgan fingerprint density at radius 2 is 2.57 bits per heavy atom. The number of aldehydes is 1. The summed E-state index contributed by atoms with van der Waals surface area (Å²) >= 11 is 0. The molecular formula is C4H10N2O. The summed E-state index contributed by atoms with van der Waals surface area (Å²) in [5, 5.41) is 2.71. The first-order chi connectivity index (χ1) is 3.35. The minimum atomic E-state index is -0.167. The first kappa shape index (κ1) is 6.59. The molecule has 0 aromatic carbocycles. The van der Waals surface area contributed by atoms with Gasteiger partial charge in [-0.25, -0.2) is 0 Å². The Hall–Kier alpha value is -0.410. The molecule has 0 aliphatic carbocycles. The van der Waals surface area contributed by atoms with Gasteiger partial charge in [-0.2, -0.15) is 0 Å². The number of rotatable bonds is 3.